The normalized spacial score (nSPS) is 15.7. The molecule has 0 bridgehead atoms. The van der Waals surface area contributed by atoms with Gasteiger partial charge >= 0.3 is 410 Å². The van der Waals surface area contributed by atoms with Gasteiger partial charge in [-0.2, -0.15) is 0 Å². The van der Waals surface area contributed by atoms with Crippen molar-refractivity contribution in [1.82, 2.24) is 0 Å². The summed E-state index contributed by atoms with van der Waals surface area (Å²) < 4.78 is 0.886. The van der Waals surface area contributed by atoms with E-state index in [0.717, 1.165) is 0 Å². The van der Waals surface area contributed by atoms with E-state index in [1.54, 1.807) is 22.3 Å². The molecule has 2 atom stereocenters. The molecule has 8 heteroatoms. The van der Waals surface area contributed by atoms with Crippen LogP contribution in [0.4, 0.5) is 34.1 Å². The minimum Gasteiger partial charge on any atom is -1.00 e. The fourth-order valence-corrected chi connectivity index (χ4v) is 33.8. The Balaban J connectivity index is 0.00000269. The molecule has 0 N–H and O–H groups in total. The number of aryl methyl sites for hydroxylation is 2. The van der Waals surface area contributed by atoms with E-state index in [1.807, 2.05) is 23.5 Å². The van der Waals surface area contributed by atoms with Crippen molar-refractivity contribution in [3.63, 3.8) is 0 Å². The van der Waals surface area contributed by atoms with Crippen molar-refractivity contribution in [2.45, 2.75) is 67.6 Å². The van der Waals surface area contributed by atoms with Crippen molar-refractivity contribution < 1.29 is 45.2 Å². The number of para-hydroxylation sites is 4. The van der Waals surface area contributed by atoms with E-state index in [-0.39, 0.29) is 24.8 Å². The van der Waals surface area contributed by atoms with E-state index in [1.165, 1.54) is 98.2 Å². The molecule has 0 spiro atoms. The molecule has 0 fully saturated rings. The first-order valence-electron chi connectivity index (χ1n) is 23.1. The van der Waals surface area contributed by atoms with Crippen LogP contribution in [0.3, 0.4) is 0 Å². The first kappa shape index (κ1) is 46.9. The number of hydrogen-bond acceptors (Lipinski definition) is 4. The monoisotopic (exact) mass is 1050 g/mol. The molecule has 4 aliphatic rings. The summed E-state index contributed by atoms with van der Waals surface area (Å²) in [6.45, 7) is 14.7. The summed E-state index contributed by atoms with van der Waals surface area (Å²) in [6.07, 6.45) is 5.20. The van der Waals surface area contributed by atoms with E-state index in [2.05, 4.69) is 233 Å². The number of rotatable bonds is 6. The standard InChI is InChI=1S/2C29H22NS.C2H6Si.2ClH.Zr/c2*1-19-11-13-21(14-12-19)25-18-23(17-22-15-20(2)16-24(22)25)30-26-7-3-5-9-28(26)31-29-10-6-4-8-27(29)30;1-3-2;;;/h2*3-18H,1-2H3;1-2H3;2*1H;/q;;;;;+2/p-2. The van der Waals surface area contributed by atoms with Crippen LogP contribution < -0.4 is 34.6 Å². The van der Waals surface area contributed by atoms with Crippen molar-refractivity contribution in [3.8, 4) is 22.3 Å². The van der Waals surface area contributed by atoms with E-state index >= 15 is 0 Å². The van der Waals surface area contributed by atoms with E-state index in [0.29, 0.717) is 7.25 Å². The minimum atomic E-state index is -2.60. The average Bonchev–Trinajstić information content (AvgIpc) is 3.84. The minimum absolute atomic E-state index is 0. The van der Waals surface area contributed by atoms with Crippen molar-refractivity contribution in [3.05, 3.63) is 214 Å². The quantitative estimate of drug-likeness (QED) is 0.153. The second-order valence-corrected chi connectivity index (χ2v) is 38.6. The number of benzene rings is 8. The molecule has 8 aromatic rings. The van der Waals surface area contributed by atoms with Gasteiger partial charge in [-0.05, 0) is 0 Å². The van der Waals surface area contributed by atoms with Gasteiger partial charge in [0.15, 0.2) is 0 Å². The molecular weight excluding hydrogens is 1000 g/mol. The maximum atomic E-state index is 2.66. The van der Waals surface area contributed by atoms with Gasteiger partial charge in [0, 0.05) is 0 Å². The molecule has 2 heterocycles. The average molecular weight is 1050 g/mol. The van der Waals surface area contributed by atoms with Crippen molar-refractivity contribution in [2.75, 3.05) is 9.80 Å². The van der Waals surface area contributed by atoms with Crippen molar-refractivity contribution in [1.29, 1.82) is 0 Å². The zero-order valence-corrected chi connectivity index (χ0v) is 45.5. The van der Waals surface area contributed by atoms with Crippen molar-refractivity contribution in [2.24, 2.45) is 0 Å². The maximum Gasteiger partial charge on any atom is -1.00 e. The molecular formula is C60H50Cl2N2S2SiZr. The first-order chi connectivity index (χ1) is 32.2. The Kier molecular flexibility index (Phi) is 13.0. The third-order valence-electron chi connectivity index (χ3n) is 14.0. The Labute approximate surface area is 430 Å². The Morgan fingerprint density at radius 1 is 0.426 bits per heavy atom. The summed E-state index contributed by atoms with van der Waals surface area (Å²) >= 11 is 1.17. The Hall–Kier alpha value is -4.78. The van der Waals surface area contributed by atoms with Gasteiger partial charge in [-0.25, -0.2) is 0 Å². The van der Waals surface area contributed by atoms with Gasteiger partial charge in [0.25, 0.3) is 0 Å². The molecule has 0 amide bonds. The largest absolute Gasteiger partial charge is 1.00 e. The zero-order valence-electron chi connectivity index (χ0n) is 38.9. The van der Waals surface area contributed by atoms with Crippen LogP contribution in [-0.2, 0) is 20.4 Å². The fourth-order valence-electron chi connectivity index (χ4n) is 11.0. The smallest absolute Gasteiger partial charge is 1.00 e. The summed E-state index contributed by atoms with van der Waals surface area (Å²) in [5.41, 5.74) is 23.6. The van der Waals surface area contributed by atoms with Crippen LogP contribution in [0.2, 0.25) is 13.1 Å². The van der Waals surface area contributed by atoms with E-state index < -0.39 is 25.8 Å². The Morgan fingerprint density at radius 2 is 0.750 bits per heavy atom. The van der Waals surface area contributed by atoms with Crippen molar-refractivity contribution >= 4 is 75.2 Å². The number of anilines is 6. The summed E-state index contributed by atoms with van der Waals surface area (Å²) in [7, 11) is 0. The third-order valence-corrected chi connectivity index (χ3v) is 36.1. The number of allylic oxidation sites excluding steroid dienone is 2. The molecule has 2 aliphatic carbocycles. The Morgan fingerprint density at radius 3 is 1.07 bits per heavy atom. The molecule has 2 nitrogen and oxygen atoms in total. The topological polar surface area (TPSA) is 6.48 Å². The van der Waals surface area contributed by atoms with Crippen LogP contribution in [0, 0.1) is 13.8 Å². The number of fused-ring (bicyclic) bond motifs is 6. The number of nitrogens with zero attached hydrogens (tertiary/aromatic N) is 2. The third kappa shape index (κ3) is 7.94. The van der Waals surface area contributed by atoms with Crippen LogP contribution in [0.15, 0.2) is 201 Å². The van der Waals surface area contributed by atoms with Crippen LogP contribution in [0.25, 0.3) is 34.4 Å². The molecule has 334 valence electrons. The summed E-state index contributed by atoms with van der Waals surface area (Å²) in [4.78, 5) is 10.3. The van der Waals surface area contributed by atoms with E-state index in [4.69, 9.17) is 0 Å². The van der Waals surface area contributed by atoms with Crippen LogP contribution in [-0.4, -0.2) is 5.43 Å². The molecule has 12 rings (SSSR count). The van der Waals surface area contributed by atoms with E-state index in [9.17, 15) is 0 Å². The van der Waals surface area contributed by atoms with Gasteiger partial charge in [-0.3, -0.25) is 0 Å². The molecule has 68 heavy (non-hydrogen) atoms. The van der Waals surface area contributed by atoms with Gasteiger partial charge in [-0.1, -0.05) is 0 Å². The molecule has 0 unspecified atom stereocenters. The fraction of sp³-hybridized carbons (Fsp3) is 0.133. The second-order valence-electron chi connectivity index (χ2n) is 18.6. The molecule has 0 aromatic heterocycles. The first-order valence-corrected chi connectivity index (χ1v) is 33.7. The SMILES string of the molecule is CC1=Cc2c(-c3ccc(C)cc3)cc(N3c4ccccc4Sc4ccccc43)cc2[C@@H]1[Zr+2]([C@H]1C(C)=Cc2c(-c3ccc(C)cc3)cc(N3c4ccccc4Sc4ccccc43)cc21)=[Si](C)C.[Cl-].[Cl-]. The molecule has 0 radical (unpaired) electrons. The number of halogens is 2. The second kappa shape index (κ2) is 18.9. The van der Waals surface area contributed by atoms with Gasteiger partial charge in [-0.15, -0.1) is 0 Å². The van der Waals surface area contributed by atoms with Crippen LogP contribution in [0.1, 0.15) is 54.5 Å². The summed E-state index contributed by atoms with van der Waals surface area (Å²) in [6, 6.07) is 64.6. The van der Waals surface area contributed by atoms with Gasteiger partial charge in [0.05, 0.1) is 0 Å². The van der Waals surface area contributed by atoms with Gasteiger partial charge in [0.1, 0.15) is 0 Å². The zero-order chi connectivity index (χ0) is 44.8. The van der Waals surface area contributed by atoms with Crippen LogP contribution >= 0.6 is 23.5 Å². The molecule has 0 saturated carbocycles. The molecule has 8 aromatic carbocycles. The molecule has 0 saturated heterocycles. The Bertz CT molecular complexity index is 3100. The molecule has 2 aliphatic heterocycles. The predicted molar refractivity (Wildman–Crippen MR) is 281 cm³/mol. The van der Waals surface area contributed by atoms with Gasteiger partial charge in [0.2, 0.25) is 0 Å². The van der Waals surface area contributed by atoms with Crippen LogP contribution in [0.5, 0.6) is 0 Å². The maximum absolute atomic E-state index is 2.66. The summed E-state index contributed by atoms with van der Waals surface area (Å²) in [5, 5.41) is 0. The predicted octanol–water partition coefficient (Wildman–Crippen LogP) is 12.0. The van der Waals surface area contributed by atoms with Gasteiger partial charge < -0.3 is 24.8 Å². The summed E-state index contributed by atoms with van der Waals surface area (Å²) in [5.74, 6) is 0. The number of hydrogen-bond donors (Lipinski definition) is 0.